The Morgan fingerprint density at radius 3 is 2.31 bits per heavy atom. The molecule has 0 unspecified atom stereocenters. The smallest absolute Gasteiger partial charge is 0.108 e. The van der Waals surface area contributed by atoms with E-state index < -0.39 is 0 Å². The lowest BCUT2D eigenvalue weighted by Gasteiger charge is -2.12. The topological polar surface area (TPSA) is 54.7 Å². The molecule has 3 heteroatoms. The molecule has 1 atom stereocenters. The summed E-state index contributed by atoms with van der Waals surface area (Å²) < 4.78 is 0. The van der Waals surface area contributed by atoms with E-state index in [1.165, 1.54) is 0 Å². The molecule has 0 spiro atoms. The molecular formula is C10H19N3. The van der Waals surface area contributed by atoms with Gasteiger partial charge in [-0.1, -0.05) is 27.7 Å². The van der Waals surface area contributed by atoms with Gasteiger partial charge in [0.2, 0.25) is 0 Å². The van der Waals surface area contributed by atoms with Gasteiger partial charge in [-0.3, -0.25) is 0 Å². The van der Waals surface area contributed by atoms with Crippen LogP contribution in [-0.4, -0.2) is 9.97 Å². The standard InChI is InChI=1S/C10H19N3/c1-6(2)9(11)8-5-12-10(13-8)7(3)4/h5-7,9H,11H2,1-4H3,(H,12,13)/t9-/m0/s1. The van der Waals surface area contributed by atoms with Crippen LogP contribution in [0.5, 0.6) is 0 Å². The number of nitrogens with one attached hydrogen (secondary N) is 1. The van der Waals surface area contributed by atoms with E-state index >= 15 is 0 Å². The van der Waals surface area contributed by atoms with E-state index in [1.54, 1.807) is 0 Å². The number of aromatic amines is 1. The maximum atomic E-state index is 5.98. The van der Waals surface area contributed by atoms with Crippen LogP contribution in [0.25, 0.3) is 0 Å². The first kappa shape index (κ1) is 10.3. The number of nitrogens with zero attached hydrogens (tertiary/aromatic N) is 1. The first-order valence-electron chi connectivity index (χ1n) is 4.82. The molecule has 0 aliphatic carbocycles. The van der Waals surface area contributed by atoms with Gasteiger partial charge in [0, 0.05) is 18.2 Å². The molecule has 13 heavy (non-hydrogen) atoms. The van der Waals surface area contributed by atoms with Crippen molar-refractivity contribution in [3.8, 4) is 0 Å². The number of H-pyrrole nitrogens is 1. The Labute approximate surface area is 79.8 Å². The minimum Gasteiger partial charge on any atom is -0.344 e. The summed E-state index contributed by atoms with van der Waals surface area (Å²) in [6, 6.07) is 0.0694. The second-order valence-electron chi connectivity index (χ2n) is 4.15. The Morgan fingerprint density at radius 1 is 1.31 bits per heavy atom. The molecule has 0 aromatic carbocycles. The average molecular weight is 181 g/mol. The fraction of sp³-hybridized carbons (Fsp3) is 0.700. The van der Waals surface area contributed by atoms with Gasteiger partial charge in [0.05, 0.1) is 5.69 Å². The Morgan fingerprint density at radius 2 is 1.92 bits per heavy atom. The molecule has 0 fully saturated rings. The second kappa shape index (κ2) is 3.92. The molecule has 1 aromatic heterocycles. The Hall–Kier alpha value is -0.830. The molecule has 0 amide bonds. The number of hydrogen-bond donors (Lipinski definition) is 2. The van der Waals surface area contributed by atoms with Gasteiger partial charge in [0.25, 0.3) is 0 Å². The summed E-state index contributed by atoms with van der Waals surface area (Å²) in [5, 5.41) is 0. The lowest BCUT2D eigenvalue weighted by molar-refractivity contribution is 0.503. The van der Waals surface area contributed by atoms with E-state index in [9.17, 15) is 0 Å². The summed E-state index contributed by atoms with van der Waals surface area (Å²) in [6.07, 6.45) is 1.85. The first-order chi connectivity index (χ1) is 6.02. The van der Waals surface area contributed by atoms with E-state index in [0.29, 0.717) is 11.8 Å². The molecule has 1 heterocycles. The van der Waals surface area contributed by atoms with E-state index in [1.807, 2.05) is 6.20 Å². The predicted octanol–water partition coefficient (Wildman–Crippen LogP) is 2.19. The van der Waals surface area contributed by atoms with Gasteiger partial charge in [0.1, 0.15) is 5.82 Å². The fourth-order valence-electron chi connectivity index (χ4n) is 1.17. The van der Waals surface area contributed by atoms with Crippen LogP contribution in [0.2, 0.25) is 0 Å². The van der Waals surface area contributed by atoms with Crippen molar-refractivity contribution in [2.45, 2.75) is 39.7 Å². The Balaban J connectivity index is 2.79. The number of imidazole rings is 1. The number of nitrogens with two attached hydrogens (primary N) is 1. The summed E-state index contributed by atoms with van der Waals surface area (Å²) in [5.41, 5.74) is 7.02. The first-order valence-corrected chi connectivity index (χ1v) is 4.82. The van der Waals surface area contributed by atoms with Crippen molar-refractivity contribution in [2.75, 3.05) is 0 Å². The minimum atomic E-state index is 0.0694. The molecule has 0 radical (unpaired) electrons. The normalized spacial score (nSPS) is 14.1. The molecule has 0 saturated heterocycles. The van der Waals surface area contributed by atoms with Crippen molar-refractivity contribution in [3.63, 3.8) is 0 Å². The summed E-state index contributed by atoms with van der Waals surface area (Å²) in [7, 11) is 0. The minimum absolute atomic E-state index is 0.0694. The highest BCUT2D eigenvalue weighted by Gasteiger charge is 2.13. The third-order valence-corrected chi connectivity index (χ3v) is 2.24. The summed E-state index contributed by atoms with van der Waals surface area (Å²) >= 11 is 0. The zero-order valence-corrected chi connectivity index (χ0v) is 8.83. The van der Waals surface area contributed by atoms with Gasteiger partial charge in [-0.2, -0.15) is 0 Å². The number of rotatable bonds is 3. The highest BCUT2D eigenvalue weighted by atomic mass is 14.9. The van der Waals surface area contributed by atoms with Crippen LogP contribution in [0, 0.1) is 5.92 Å². The molecule has 0 bridgehead atoms. The van der Waals surface area contributed by atoms with Crippen LogP contribution in [0.1, 0.15) is 51.2 Å². The molecule has 3 N–H and O–H groups in total. The SMILES string of the molecule is CC(C)c1ncc([C@@H](N)C(C)C)[nH]1. The van der Waals surface area contributed by atoms with Gasteiger partial charge < -0.3 is 10.7 Å². The average Bonchev–Trinajstić information content (AvgIpc) is 2.50. The molecule has 0 aliphatic heterocycles. The molecular weight excluding hydrogens is 162 g/mol. The third kappa shape index (κ3) is 2.31. The quantitative estimate of drug-likeness (QED) is 0.751. The molecule has 1 aromatic rings. The van der Waals surface area contributed by atoms with E-state index in [0.717, 1.165) is 11.5 Å². The lowest BCUT2D eigenvalue weighted by atomic mass is 10.0. The van der Waals surface area contributed by atoms with Crippen molar-refractivity contribution in [3.05, 3.63) is 17.7 Å². The van der Waals surface area contributed by atoms with Crippen molar-refractivity contribution in [2.24, 2.45) is 11.7 Å². The van der Waals surface area contributed by atoms with Crippen molar-refractivity contribution < 1.29 is 0 Å². The lowest BCUT2D eigenvalue weighted by Crippen LogP contribution is -2.17. The molecule has 0 saturated carbocycles. The monoisotopic (exact) mass is 181 g/mol. The van der Waals surface area contributed by atoms with E-state index in [2.05, 4.69) is 37.7 Å². The maximum Gasteiger partial charge on any atom is 0.108 e. The van der Waals surface area contributed by atoms with Crippen LogP contribution < -0.4 is 5.73 Å². The van der Waals surface area contributed by atoms with Crippen molar-refractivity contribution in [1.82, 2.24) is 9.97 Å². The highest BCUT2D eigenvalue weighted by Crippen LogP contribution is 2.18. The molecule has 74 valence electrons. The second-order valence-corrected chi connectivity index (χ2v) is 4.15. The van der Waals surface area contributed by atoms with Crippen LogP contribution in [0.3, 0.4) is 0 Å². The van der Waals surface area contributed by atoms with Crippen molar-refractivity contribution in [1.29, 1.82) is 0 Å². The van der Waals surface area contributed by atoms with E-state index in [4.69, 9.17) is 5.73 Å². The molecule has 1 rings (SSSR count). The van der Waals surface area contributed by atoms with Crippen LogP contribution in [-0.2, 0) is 0 Å². The largest absolute Gasteiger partial charge is 0.344 e. The molecule has 3 nitrogen and oxygen atoms in total. The van der Waals surface area contributed by atoms with Gasteiger partial charge >= 0.3 is 0 Å². The van der Waals surface area contributed by atoms with Crippen LogP contribution in [0.15, 0.2) is 6.20 Å². The van der Waals surface area contributed by atoms with Gasteiger partial charge in [-0.05, 0) is 5.92 Å². The summed E-state index contributed by atoms with van der Waals surface area (Å²) in [6.45, 7) is 8.45. The number of aromatic nitrogens is 2. The number of hydrogen-bond acceptors (Lipinski definition) is 2. The van der Waals surface area contributed by atoms with Crippen LogP contribution in [0.4, 0.5) is 0 Å². The fourth-order valence-corrected chi connectivity index (χ4v) is 1.17. The highest BCUT2D eigenvalue weighted by molar-refractivity contribution is 5.08. The van der Waals surface area contributed by atoms with Gasteiger partial charge in [-0.25, -0.2) is 4.98 Å². The maximum absolute atomic E-state index is 5.98. The predicted molar refractivity (Wildman–Crippen MR) is 54.4 cm³/mol. The zero-order chi connectivity index (χ0) is 10.0. The Kier molecular flexibility index (Phi) is 3.09. The Bertz CT molecular complexity index is 263. The van der Waals surface area contributed by atoms with E-state index in [-0.39, 0.29) is 6.04 Å². The van der Waals surface area contributed by atoms with Gasteiger partial charge in [-0.15, -0.1) is 0 Å². The van der Waals surface area contributed by atoms with Crippen LogP contribution >= 0.6 is 0 Å². The molecule has 0 aliphatic rings. The van der Waals surface area contributed by atoms with Gasteiger partial charge in [0.15, 0.2) is 0 Å². The summed E-state index contributed by atoms with van der Waals surface area (Å²) in [4.78, 5) is 7.54. The summed E-state index contributed by atoms with van der Waals surface area (Å²) in [5.74, 6) is 1.90. The van der Waals surface area contributed by atoms with Crippen molar-refractivity contribution >= 4 is 0 Å². The zero-order valence-electron chi connectivity index (χ0n) is 8.83. The third-order valence-electron chi connectivity index (χ3n) is 2.24.